The van der Waals surface area contributed by atoms with Crippen molar-refractivity contribution in [1.82, 2.24) is 0 Å². The number of thiocarbonyl (C=S) groups is 1. The summed E-state index contributed by atoms with van der Waals surface area (Å²) in [4.78, 5) is 0.326. The Morgan fingerprint density at radius 3 is 2.42 bits per heavy atom. The van der Waals surface area contributed by atoms with Gasteiger partial charge in [-0.25, -0.2) is 0 Å². The van der Waals surface area contributed by atoms with E-state index in [1.807, 2.05) is 0 Å². The van der Waals surface area contributed by atoms with Crippen molar-refractivity contribution in [3.8, 4) is 11.5 Å². The number of benzene rings is 2. The van der Waals surface area contributed by atoms with Gasteiger partial charge in [0.25, 0.3) is 0 Å². The second-order valence-electron chi connectivity index (χ2n) is 4.08. The smallest absolute Gasteiger partial charge is 0.872 e. The molecular formula is C14H8NNaO2S. The largest absolute Gasteiger partial charge is 1.00 e. The molecule has 1 aliphatic rings. The molecule has 0 atom stereocenters. The number of hydrogen-bond acceptors (Lipinski definition) is 4. The number of rotatable bonds is 0. The Kier molecular flexibility index (Phi) is 3.78. The van der Waals surface area contributed by atoms with Crippen molar-refractivity contribution in [2.75, 3.05) is 0 Å². The predicted octanol–water partition coefficient (Wildman–Crippen LogP) is -0.612. The van der Waals surface area contributed by atoms with E-state index in [1.54, 1.807) is 36.4 Å². The van der Waals surface area contributed by atoms with Gasteiger partial charge in [0, 0.05) is 5.39 Å². The summed E-state index contributed by atoms with van der Waals surface area (Å²) in [5.41, 5.74) is 0.610. The van der Waals surface area contributed by atoms with Crippen LogP contribution in [0.4, 0.5) is 0 Å². The van der Waals surface area contributed by atoms with Gasteiger partial charge < -0.3 is 10.2 Å². The van der Waals surface area contributed by atoms with E-state index >= 15 is 0 Å². The van der Waals surface area contributed by atoms with Crippen molar-refractivity contribution in [2.24, 2.45) is 0 Å². The summed E-state index contributed by atoms with van der Waals surface area (Å²) in [7, 11) is 0. The number of nitrogens with one attached hydrogen (secondary N) is 1. The van der Waals surface area contributed by atoms with Crippen LogP contribution in [0.5, 0.6) is 11.5 Å². The SMILES string of the molecule is N=C1C(=S)C=Cc2c1c(O)c1ccccc1c2[O-].[Na+]. The second-order valence-corrected chi connectivity index (χ2v) is 4.52. The first-order valence-corrected chi connectivity index (χ1v) is 5.78. The molecule has 0 saturated carbocycles. The number of allylic oxidation sites excluding steroid dienone is 1. The fourth-order valence-corrected chi connectivity index (χ4v) is 2.36. The quantitative estimate of drug-likeness (QED) is 0.498. The monoisotopic (exact) mass is 277 g/mol. The second kappa shape index (κ2) is 5.06. The minimum Gasteiger partial charge on any atom is -0.872 e. The Morgan fingerprint density at radius 2 is 1.74 bits per heavy atom. The van der Waals surface area contributed by atoms with Crippen LogP contribution in [0, 0.1) is 5.41 Å². The van der Waals surface area contributed by atoms with Crippen LogP contribution in [0.25, 0.3) is 16.8 Å². The number of aromatic hydroxyl groups is 1. The zero-order chi connectivity index (χ0) is 12.9. The first-order chi connectivity index (χ1) is 8.61. The standard InChI is InChI=1S/C14H9NO2S.Na/c15-12-10(18)6-5-9-11(12)14(17)8-4-2-1-3-7(8)13(9)16;/h1-6,15-17H;/q;+1/p-1. The maximum absolute atomic E-state index is 12.3. The van der Waals surface area contributed by atoms with Gasteiger partial charge in [0.15, 0.2) is 0 Å². The minimum absolute atomic E-state index is 0. The molecule has 3 rings (SSSR count). The van der Waals surface area contributed by atoms with Gasteiger partial charge in [-0.1, -0.05) is 48.3 Å². The summed E-state index contributed by atoms with van der Waals surface area (Å²) in [5.74, 6) is -0.223. The third-order valence-corrected chi connectivity index (χ3v) is 3.42. The molecule has 2 aromatic rings. The van der Waals surface area contributed by atoms with Crippen LogP contribution in [-0.4, -0.2) is 15.7 Å². The van der Waals surface area contributed by atoms with Crippen molar-refractivity contribution in [3.05, 3.63) is 41.5 Å². The summed E-state index contributed by atoms with van der Waals surface area (Å²) < 4.78 is 0. The van der Waals surface area contributed by atoms with Gasteiger partial charge in [0.1, 0.15) is 5.75 Å². The van der Waals surface area contributed by atoms with Crippen LogP contribution in [0.1, 0.15) is 11.1 Å². The van der Waals surface area contributed by atoms with E-state index in [2.05, 4.69) is 0 Å². The molecule has 0 aromatic heterocycles. The number of fused-ring (bicyclic) bond motifs is 2. The van der Waals surface area contributed by atoms with Crippen LogP contribution in [-0.2, 0) is 0 Å². The van der Waals surface area contributed by atoms with E-state index in [1.165, 1.54) is 0 Å². The van der Waals surface area contributed by atoms with Crippen molar-refractivity contribution < 1.29 is 39.8 Å². The molecule has 0 radical (unpaired) electrons. The zero-order valence-electron chi connectivity index (χ0n) is 10.2. The Balaban J connectivity index is 0.00000133. The fourth-order valence-electron chi connectivity index (χ4n) is 2.19. The van der Waals surface area contributed by atoms with Crippen molar-refractivity contribution in [1.29, 1.82) is 5.41 Å². The minimum atomic E-state index is -0.179. The number of phenols is 1. The molecule has 0 aliphatic heterocycles. The van der Waals surface area contributed by atoms with Crippen molar-refractivity contribution in [2.45, 2.75) is 0 Å². The van der Waals surface area contributed by atoms with Gasteiger partial charge in [-0.3, -0.25) is 5.41 Å². The molecule has 5 heteroatoms. The molecular weight excluding hydrogens is 269 g/mol. The Hall–Kier alpha value is -1.20. The average Bonchev–Trinajstić information content (AvgIpc) is 2.39. The van der Waals surface area contributed by atoms with Crippen molar-refractivity contribution in [3.63, 3.8) is 0 Å². The van der Waals surface area contributed by atoms with Gasteiger partial charge in [-0.15, -0.1) is 0 Å². The van der Waals surface area contributed by atoms with E-state index < -0.39 is 0 Å². The van der Waals surface area contributed by atoms with E-state index in [0.717, 1.165) is 0 Å². The first kappa shape index (κ1) is 14.2. The topological polar surface area (TPSA) is 67.1 Å². The third kappa shape index (κ3) is 2.01. The summed E-state index contributed by atoms with van der Waals surface area (Å²) in [5, 5.41) is 31.3. The van der Waals surface area contributed by atoms with Gasteiger partial charge in [0.2, 0.25) is 0 Å². The number of hydrogen-bond donors (Lipinski definition) is 2. The molecule has 1 aliphatic carbocycles. The zero-order valence-corrected chi connectivity index (χ0v) is 13.0. The summed E-state index contributed by atoms with van der Waals surface area (Å²) in [6.07, 6.45) is 3.12. The Bertz CT molecular complexity index is 753. The third-order valence-electron chi connectivity index (χ3n) is 3.08. The summed E-state index contributed by atoms with van der Waals surface area (Å²) in [6.45, 7) is 0. The van der Waals surface area contributed by atoms with Gasteiger partial charge in [-0.2, -0.15) is 0 Å². The van der Waals surface area contributed by atoms with E-state index in [9.17, 15) is 10.2 Å². The normalized spacial score (nSPS) is 13.3. The van der Waals surface area contributed by atoms with Crippen LogP contribution >= 0.6 is 12.2 Å². The predicted molar refractivity (Wildman–Crippen MR) is 73.5 cm³/mol. The summed E-state index contributed by atoms with van der Waals surface area (Å²) in [6, 6.07) is 6.83. The molecule has 0 bridgehead atoms. The summed E-state index contributed by atoms with van der Waals surface area (Å²) >= 11 is 5.01. The molecule has 0 heterocycles. The molecule has 0 saturated heterocycles. The molecule has 19 heavy (non-hydrogen) atoms. The van der Waals surface area contributed by atoms with E-state index in [4.69, 9.17) is 17.6 Å². The Morgan fingerprint density at radius 1 is 1.11 bits per heavy atom. The maximum atomic E-state index is 12.3. The van der Waals surface area contributed by atoms with Crippen LogP contribution < -0.4 is 34.7 Å². The Labute approximate surface area is 137 Å². The fraction of sp³-hybridized carbons (Fsp3) is 0. The van der Waals surface area contributed by atoms with E-state index in [0.29, 0.717) is 21.2 Å². The van der Waals surface area contributed by atoms with Gasteiger partial charge in [-0.05, 0) is 17.0 Å². The molecule has 2 aromatic carbocycles. The molecule has 0 unspecified atom stereocenters. The molecule has 2 N–H and O–H groups in total. The molecule has 0 spiro atoms. The molecule has 88 valence electrons. The van der Waals surface area contributed by atoms with Crippen LogP contribution in [0.15, 0.2) is 30.3 Å². The van der Waals surface area contributed by atoms with Crippen LogP contribution in [0.2, 0.25) is 0 Å². The first-order valence-electron chi connectivity index (χ1n) is 5.37. The molecule has 0 amide bonds. The van der Waals surface area contributed by atoms with Crippen molar-refractivity contribution >= 4 is 39.6 Å². The maximum Gasteiger partial charge on any atom is 1.00 e. The van der Waals surface area contributed by atoms with Gasteiger partial charge in [0.05, 0.1) is 16.1 Å². The van der Waals surface area contributed by atoms with Crippen LogP contribution in [0.3, 0.4) is 0 Å². The van der Waals surface area contributed by atoms with E-state index in [-0.39, 0.29) is 52.3 Å². The molecule has 0 fully saturated rings. The molecule has 3 nitrogen and oxygen atoms in total. The van der Waals surface area contributed by atoms with Gasteiger partial charge >= 0.3 is 29.6 Å². The average molecular weight is 277 g/mol. The number of phenolic OH excluding ortho intramolecular Hbond substituents is 1.